The van der Waals surface area contributed by atoms with Crippen LogP contribution in [0.2, 0.25) is 0 Å². The molecule has 0 spiro atoms. The topological polar surface area (TPSA) is 59.4 Å². The highest BCUT2D eigenvalue weighted by atomic mass is 16.2. The first-order chi connectivity index (χ1) is 8.72. The van der Waals surface area contributed by atoms with Crippen molar-refractivity contribution in [2.45, 2.75) is 38.3 Å². The SMILES string of the molecule is CCC(C#N)N1CCN(CC(=O)NC2CC2)CC1. The molecule has 100 valence electrons. The van der Waals surface area contributed by atoms with Crippen LogP contribution in [-0.2, 0) is 4.79 Å². The molecule has 0 aromatic carbocycles. The molecule has 2 aliphatic rings. The van der Waals surface area contributed by atoms with Crippen molar-refractivity contribution in [3.8, 4) is 6.07 Å². The van der Waals surface area contributed by atoms with E-state index in [9.17, 15) is 4.79 Å². The fourth-order valence-electron chi connectivity index (χ4n) is 2.37. The molecule has 1 N–H and O–H groups in total. The van der Waals surface area contributed by atoms with Gasteiger partial charge in [-0.2, -0.15) is 5.26 Å². The maximum absolute atomic E-state index is 11.7. The third-order valence-electron chi connectivity index (χ3n) is 3.69. The van der Waals surface area contributed by atoms with Crippen LogP contribution < -0.4 is 5.32 Å². The van der Waals surface area contributed by atoms with Crippen LogP contribution in [0.3, 0.4) is 0 Å². The van der Waals surface area contributed by atoms with E-state index in [1.54, 1.807) is 0 Å². The summed E-state index contributed by atoms with van der Waals surface area (Å²) in [6.45, 7) is 6.11. The number of rotatable bonds is 5. The summed E-state index contributed by atoms with van der Waals surface area (Å²) in [4.78, 5) is 16.1. The summed E-state index contributed by atoms with van der Waals surface area (Å²) in [6.07, 6.45) is 3.15. The van der Waals surface area contributed by atoms with Crippen molar-refractivity contribution in [1.29, 1.82) is 5.26 Å². The number of amides is 1. The second-order valence-electron chi connectivity index (χ2n) is 5.21. The van der Waals surface area contributed by atoms with E-state index >= 15 is 0 Å². The van der Waals surface area contributed by atoms with E-state index in [1.807, 2.05) is 6.92 Å². The largest absolute Gasteiger partial charge is 0.352 e. The minimum absolute atomic E-state index is 0.0347. The molecule has 0 bridgehead atoms. The summed E-state index contributed by atoms with van der Waals surface area (Å²) in [5, 5.41) is 12.0. The van der Waals surface area contributed by atoms with Crippen LogP contribution in [0.5, 0.6) is 0 Å². The van der Waals surface area contributed by atoms with E-state index in [-0.39, 0.29) is 11.9 Å². The lowest BCUT2D eigenvalue weighted by atomic mass is 10.2. The van der Waals surface area contributed by atoms with Gasteiger partial charge in [0.15, 0.2) is 0 Å². The summed E-state index contributed by atoms with van der Waals surface area (Å²) < 4.78 is 0. The fourth-order valence-corrected chi connectivity index (χ4v) is 2.37. The number of nitriles is 1. The highest BCUT2D eigenvalue weighted by Crippen LogP contribution is 2.18. The zero-order valence-electron chi connectivity index (χ0n) is 11.1. The Balaban J connectivity index is 1.69. The van der Waals surface area contributed by atoms with Crippen molar-refractivity contribution in [3.05, 3.63) is 0 Å². The standard InChI is InChI=1S/C13H22N4O/c1-2-12(9-14)17-7-5-16(6-8-17)10-13(18)15-11-3-4-11/h11-12H,2-8,10H2,1H3,(H,15,18). The third kappa shape index (κ3) is 3.69. The summed E-state index contributed by atoms with van der Waals surface area (Å²) >= 11 is 0. The number of hydrogen-bond acceptors (Lipinski definition) is 4. The second-order valence-corrected chi connectivity index (χ2v) is 5.21. The number of hydrogen-bond donors (Lipinski definition) is 1. The molecule has 0 radical (unpaired) electrons. The summed E-state index contributed by atoms with van der Waals surface area (Å²) in [7, 11) is 0. The molecular weight excluding hydrogens is 228 g/mol. The van der Waals surface area contributed by atoms with Gasteiger partial charge in [-0.15, -0.1) is 0 Å². The molecule has 1 aliphatic heterocycles. The smallest absolute Gasteiger partial charge is 0.234 e. The van der Waals surface area contributed by atoms with Crippen LogP contribution in [0.15, 0.2) is 0 Å². The Morgan fingerprint density at radius 3 is 2.56 bits per heavy atom. The second kappa shape index (κ2) is 6.17. The van der Waals surface area contributed by atoms with Gasteiger partial charge in [-0.25, -0.2) is 0 Å². The molecule has 1 amide bonds. The van der Waals surface area contributed by atoms with Crippen molar-refractivity contribution in [2.24, 2.45) is 0 Å². The highest BCUT2D eigenvalue weighted by Gasteiger charge is 2.26. The Hall–Kier alpha value is -1.12. The molecule has 5 heteroatoms. The van der Waals surface area contributed by atoms with Gasteiger partial charge in [-0.3, -0.25) is 14.6 Å². The van der Waals surface area contributed by atoms with E-state index in [1.165, 1.54) is 0 Å². The minimum Gasteiger partial charge on any atom is -0.352 e. The van der Waals surface area contributed by atoms with Crippen LogP contribution in [0, 0.1) is 11.3 Å². The molecule has 1 saturated heterocycles. The van der Waals surface area contributed by atoms with Crippen LogP contribution in [0.25, 0.3) is 0 Å². The molecule has 1 heterocycles. The first-order valence-electron chi connectivity index (χ1n) is 6.88. The highest BCUT2D eigenvalue weighted by molar-refractivity contribution is 5.78. The number of nitrogens with one attached hydrogen (secondary N) is 1. The van der Waals surface area contributed by atoms with Gasteiger partial charge in [0, 0.05) is 32.2 Å². The molecule has 5 nitrogen and oxygen atoms in total. The fraction of sp³-hybridized carbons (Fsp3) is 0.846. The number of carbonyl (C=O) groups is 1. The lowest BCUT2D eigenvalue weighted by Gasteiger charge is -2.36. The van der Waals surface area contributed by atoms with Crippen molar-refractivity contribution >= 4 is 5.91 Å². The Morgan fingerprint density at radius 2 is 2.06 bits per heavy atom. The number of carbonyl (C=O) groups excluding carboxylic acids is 1. The van der Waals surface area contributed by atoms with E-state index in [0.717, 1.165) is 45.4 Å². The molecule has 1 saturated carbocycles. The predicted molar refractivity (Wildman–Crippen MR) is 68.9 cm³/mol. The summed E-state index contributed by atoms with van der Waals surface area (Å²) in [6, 6.07) is 2.82. The van der Waals surface area contributed by atoms with Crippen molar-refractivity contribution in [2.75, 3.05) is 32.7 Å². The molecule has 1 unspecified atom stereocenters. The number of piperazine rings is 1. The van der Waals surface area contributed by atoms with Gasteiger partial charge in [-0.1, -0.05) is 6.92 Å². The predicted octanol–water partition coefficient (Wildman–Crippen LogP) is 0.185. The Labute approximate surface area is 109 Å². The average molecular weight is 250 g/mol. The van der Waals surface area contributed by atoms with Gasteiger partial charge >= 0.3 is 0 Å². The van der Waals surface area contributed by atoms with E-state index in [2.05, 4.69) is 21.2 Å². The van der Waals surface area contributed by atoms with Gasteiger partial charge in [0.25, 0.3) is 0 Å². The zero-order chi connectivity index (χ0) is 13.0. The average Bonchev–Trinajstić information content (AvgIpc) is 3.16. The summed E-state index contributed by atoms with van der Waals surface area (Å²) in [5.74, 6) is 0.151. The Morgan fingerprint density at radius 1 is 1.39 bits per heavy atom. The maximum atomic E-state index is 11.7. The van der Waals surface area contributed by atoms with Crippen molar-refractivity contribution in [3.63, 3.8) is 0 Å². The van der Waals surface area contributed by atoms with E-state index in [4.69, 9.17) is 5.26 Å². The molecule has 2 rings (SSSR count). The molecular formula is C13H22N4O. The van der Waals surface area contributed by atoms with Gasteiger partial charge in [0.1, 0.15) is 0 Å². The van der Waals surface area contributed by atoms with Gasteiger partial charge < -0.3 is 5.32 Å². The molecule has 0 aromatic rings. The minimum atomic E-state index is 0.0347. The van der Waals surface area contributed by atoms with Crippen molar-refractivity contribution < 1.29 is 4.79 Å². The lowest BCUT2D eigenvalue weighted by molar-refractivity contribution is -0.122. The monoisotopic (exact) mass is 250 g/mol. The van der Waals surface area contributed by atoms with Gasteiger partial charge in [0.05, 0.1) is 18.7 Å². The van der Waals surface area contributed by atoms with E-state index in [0.29, 0.717) is 12.6 Å². The van der Waals surface area contributed by atoms with Crippen LogP contribution in [0.1, 0.15) is 26.2 Å². The zero-order valence-corrected chi connectivity index (χ0v) is 11.1. The van der Waals surface area contributed by atoms with Crippen LogP contribution >= 0.6 is 0 Å². The third-order valence-corrected chi connectivity index (χ3v) is 3.69. The molecule has 0 aromatic heterocycles. The normalized spacial score (nSPS) is 23.3. The molecule has 18 heavy (non-hydrogen) atoms. The molecule has 1 aliphatic carbocycles. The molecule has 2 fully saturated rings. The first-order valence-corrected chi connectivity index (χ1v) is 6.88. The van der Waals surface area contributed by atoms with E-state index < -0.39 is 0 Å². The lowest BCUT2D eigenvalue weighted by Crippen LogP contribution is -2.52. The first kappa shape index (κ1) is 13.3. The Kier molecular flexibility index (Phi) is 4.56. The van der Waals surface area contributed by atoms with Crippen LogP contribution in [-0.4, -0.2) is 60.5 Å². The quantitative estimate of drug-likeness (QED) is 0.756. The summed E-state index contributed by atoms with van der Waals surface area (Å²) in [5.41, 5.74) is 0. The maximum Gasteiger partial charge on any atom is 0.234 e. The Bertz CT molecular complexity index is 326. The van der Waals surface area contributed by atoms with Crippen molar-refractivity contribution in [1.82, 2.24) is 15.1 Å². The number of nitrogens with zero attached hydrogens (tertiary/aromatic N) is 3. The molecule has 1 atom stereocenters. The van der Waals surface area contributed by atoms with Crippen LogP contribution in [0.4, 0.5) is 0 Å². The van der Waals surface area contributed by atoms with Gasteiger partial charge in [0.2, 0.25) is 5.91 Å². The van der Waals surface area contributed by atoms with Gasteiger partial charge in [-0.05, 0) is 19.3 Å².